The minimum atomic E-state index is -1.06. The standard InChI is InChI=1S/C23H35NO11/c1-12-13(24-20(27)35-23(5,6)7)9-14(19(26)29-8)32-17(12)18(15-10-31-21(28)33-15)30-11-16(25)34-22(2,3)4/h9,12-13,15,17-18H,10-11H2,1-8H3,(H,24,27)/t12-,13+,15-,17-,18-/m1/s1. The number of methoxy groups -OCH3 is 1. The Hall–Kier alpha value is -3.02. The molecule has 1 N–H and O–H groups in total. The number of nitrogens with one attached hydrogen (secondary N) is 1. The summed E-state index contributed by atoms with van der Waals surface area (Å²) in [5.41, 5.74) is -1.49. The summed E-state index contributed by atoms with van der Waals surface area (Å²) >= 11 is 0. The molecule has 12 heteroatoms. The molecule has 1 fully saturated rings. The van der Waals surface area contributed by atoms with Crippen molar-refractivity contribution in [2.24, 2.45) is 5.92 Å². The summed E-state index contributed by atoms with van der Waals surface area (Å²) in [6.45, 7) is 11.4. The van der Waals surface area contributed by atoms with E-state index in [2.05, 4.69) is 5.32 Å². The van der Waals surface area contributed by atoms with Crippen LogP contribution in [0.4, 0.5) is 9.59 Å². The Balaban J connectivity index is 2.30. The van der Waals surface area contributed by atoms with E-state index in [-0.39, 0.29) is 12.4 Å². The van der Waals surface area contributed by atoms with Crippen molar-refractivity contribution in [3.8, 4) is 0 Å². The second-order valence-corrected chi connectivity index (χ2v) is 10.2. The van der Waals surface area contributed by atoms with Crippen LogP contribution in [0.5, 0.6) is 0 Å². The molecular formula is C23H35NO11. The maximum Gasteiger partial charge on any atom is 0.508 e. The van der Waals surface area contributed by atoms with Crippen LogP contribution in [0.3, 0.4) is 0 Å². The highest BCUT2D eigenvalue weighted by atomic mass is 16.8. The number of carbonyl (C=O) groups excluding carboxylic acids is 4. The Kier molecular flexibility index (Phi) is 8.99. The number of hydrogen-bond acceptors (Lipinski definition) is 11. The number of rotatable bonds is 7. The van der Waals surface area contributed by atoms with Gasteiger partial charge in [-0.1, -0.05) is 6.92 Å². The Bertz CT molecular complexity index is 839. The van der Waals surface area contributed by atoms with Crippen LogP contribution < -0.4 is 5.32 Å². The summed E-state index contributed by atoms with van der Waals surface area (Å²) in [7, 11) is 1.18. The van der Waals surface area contributed by atoms with Crippen molar-refractivity contribution in [1.82, 2.24) is 5.32 Å². The van der Waals surface area contributed by atoms with Gasteiger partial charge in [0.15, 0.2) is 6.10 Å². The fraction of sp³-hybridized carbons (Fsp3) is 0.739. The monoisotopic (exact) mass is 501 g/mol. The molecule has 35 heavy (non-hydrogen) atoms. The Morgan fingerprint density at radius 1 is 1.09 bits per heavy atom. The fourth-order valence-corrected chi connectivity index (χ4v) is 3.46. The zero-order valence-corrected chi connectivity index (χ0v) is 21.4. The number of carbonyl (C=O) groups is 4. The van der Waals surface area contributed by atoms with Crippen molar-refractivity contribution in [2.75, 3.05) is 20.3 Å². The average Bonchev–Trinajstić information content (AvgIpc) is 3.13. The Labute approximate surface area is 204 Å². The third-order valence-electron chi connectivity index (χ3n) is 4.87. The maximum atomic E-state index is 12.4. The molecular weight excluding hydrogens is 466 g/mol. The summed E-state index contributed by atoms with van der Waals surface area (Å²) in [5, 5.41) is 2.70. The summed E-state index contributed by atoms with van der Waals surface area (Å²) in [6, 6.07) is -0.747. The molecule has 2 heterocycles. The first-order valence-electron chi connectivity index (χ1n) is 11.2. The van der Waals surface area contributed by atoms with Crippen molar-refractivity contribution in [3.63, 3.8) is 0 Å². The summed E-state index contributed by atoms with van der Waals surface area (Å²) in [4.78, 5) is 48.7. The van der Waals surface area contributed by atoms with Gasteiger partial charge in [0.2, 0.25) is 5.76 Å². The molecule has 0 aliphatic carbocycles. The van der Waals surface area contributed by atoms with E-state index in [1.54, 1.807) is 48.5 Å². The first kappa shape index (κ1) is 28.2. The maximum absolute atomic E-state index is 12.4. The lowest BCUT2D eigenvalue weighted by molar-refractivity contribution is -0.174. The minimum absolute atomic E-state index is 0.161. The van der Waals surface area contributed by atoms with E-state index in [1.165, 1.54) is 13.2 Å². The predicted molar refractivity (Wildman–Crippen MR) is 119 cm³/mol. The first-order chi connectivity index (χ1) is 16.1. The summed E-state index contributed by atoms with van der Waals surface area (Å²) in [6.07, 6.45) is -3.18. The molecule has 0 unspecified atom stereocenters. The highest BCUT2D eigenvalue weighted by molar-refractivity contribution is 5.86. The zero-order chi connectivity index (χ0) is 26.6. The number of alkyl carbamates (subject to hydrolysis) is 1. The lowest BCUT2D eigenvalue weighted by Crippen LogP contribution is -2.55. The number of cyclic esters (lactones) is 2. The lowest BCUT2D eigenvalue weighted by atomic mass is 9.87. The van der Waals surface area contributed by atoms with Gasteiger partial charge in [-0.15, -0.1) is 0 Å². The van der Waals surface area contributed by atoms with Gasteiger partial charge in [-0.25, -0.2) is 19.2 Å². The molecule has 0 aromatic carbocycles. The predicted octanol–water partition coefficient (Wildman–Crippen LogP) is 2.23. The molecule has 12 nitrogen and oxygen atoms in total. The van der Waals surface area contributed by atoms with Crippen LogP contribution in [-0.4, -0.2) is 80.1 Å². The molecule has 5 atom stereocenters. The minimum Gasteiger partial charge on any atom is -0.480 e. The number of hydrogen-bond donors (Lipinski definition) is 1. The van der Waals surface area contributed by atoms with Crippen LogP contribution in [0.15, 0.2) is 11.8 Å². The lowest BCUT2D eigenvalue weighted by Gasteiger charge is -2.39. The third-order valence-corrected chi connectivity index (χ3v) is 4.87. The van der Waals surface area contributed by atoms with Gasteiger partial charge in [-0.05, 0) is 47.6 Å². The van der Waals surface area contributed by atoms with Crippen molar-refractivity contribution in [1.29, 1.82) is 0 Å². The van der Waals surface area contributed by atoms with Gasteiger partial charge < -0.3 is 38.5 Å². The molecule has 0 radical (unpaired) electrons. The van der Waals surface area contributed by atoms with Gasteiger partial charge in [0.05, 0.1) is 13.2 Å². The molecule has 2 rings (SSSR count). The van der Waals surface area contributed by atoms with Crippen LogP contribution in [0.25, 0.3) is 0 Å². The molecule has 2 aliphatic heterocycles. The van der Waals surface area contributed by atoms with Crippen molar-refractivity contribution in [2.45, 2.75) is 84.0 Å². The van der Waals surface area contributed by atoms with Crippen molar-refractivity contribution < 1.29 is 52.3 Å². The molecule has 0 bridgehead atoms. The molecule has 0 aromatic heterocycles. The molecule has 0 aromatic rings. The smallest absolute Gasteiger partial charge is 0.480 e. The Morgan fingerprint density at radius 3 is 2.23 bits per heavy atom. The third kappa shape index (κ3) is 8.61. The van der Waals surface area contributed by atoms with Gasteiger partial charge >= 0.3 is 24.2 Å². The SMILES string of the molecule is COC(=O)C1=C[C@H](NC(=O)OC(C)(C)C)[C@@H](C)[C@H]([C@H](OCC(=O)OC(C)(C)C)[C@H]2COC(=O)O2)O1. The normalized spacial score (nSPS) is 25.3. The van der Waals surface area contributed by atoms with Crippen LogP contribution >= 0.6 is 0 Å². The molecule has 1 amide bonds. The van der Waals surface area contributed by atoms with Crippen LogP contribution in [0, 0.1) is 5.92 Å². The van der Waals surface area contributed by atoms with Gasteiger partial charge in [-0.3, -0.25) is 0 Å². The topological polar surface area (TPSA) is 145 Å². The van der Waals surface area contributed by atoms with E-state index in [4.69, 9.17) is 33.2 Å². The zero-order valence-electron chi connectivity index (χ0n) is 21.4. The number of ether oxygens (including phenoxy) is 7. The summed E-state index contributed by atoms with van der Waals surface area (Å²) < 4.78 is 37.2. The van der Waals surface area contributed by atoms with Crippen LogP contribution in [-0.2, 0) is 42.7 Å². The van der Waals surface area contributed by atoms with Crippen LogP contribution in [0.2, 0.25) is 0 Å². The molecule has 198 valence electrons. The second kappa shape index (κ2) is 11.1. The molecule has 0 saturated carbocycles. The molecule has 1 saturated heterocycles. The first-order valence-corrected chi connectivity index (χ1v) is 11.2. The number of amides is 1. The quantitative estimate of drug-likeness (QED) is 0.405. The van der Waals surface area contributed by atoms with Gasteiger partial charge in [0, 0.05) is 5.92 Å². The Morgan fingerprint density at radius 2 is 1.71 bits per heavy atom. The van der Waals surface area contributed by atoms with Gasteiger partial charge in [0.25, 0.3) is 0 Å². The highest BCUT2D eigenvalue weighted by Gasteiger charge is 2.47. The van der Waals surface area contributed by atoms with Gasteiger partial charge in [-0.2, -0.15) is 0 Å². The van der Waals surface area contributed by atoms with E-state index in [0.717, 1.165) is 0 Å². The van der Waals surface area contributed by atoms with E-state index in [9.17, 15) is 19.2 Å². The molecule has 2 aliphatic rings. The van der Waals surface area contributed by atoms with E-state index < -0.39 is 72.3 Å². The fourth-order valence-electron chi connectivity index (χ4n) is 3.46. The van der Waals surface area contributed by atoms with Crippen molar-refractivity contribution >= 4 is 24.2 Å². The van der Waals surface area contributed by atoms with E-state index in [1.807, 2.05) is 0 Å². The number of esters is 2. The average molecular weight is 502 g/mol. The molecule has 0 spiro atoms. The largest absolute Gasteiger partial charge is 0.508 e. The highest BCUT2D eigenvalue weighted by Crippen LogP contribution is 2.31. The van der Waals surface area contributed by atoms with Gasteiger partial charge in [0.1, 0.15) is 36.6 Å². The summed E-state index contributed by atoms with van der Waals surface area (Å²) in [5.74, 6) is -2.15. The van der Waals surface area contributed by atoms with E-state index >= 15 is 0 Å². The van der Waals surface area contributed by atoms with Crippen LogP contribution in [0.1, 0.15) is 48.5 Å². The second-order valence-electron chi connectivity index (χ2n) is 10.2. The van der Waals surface area contributed by atoms with Crippen molar-refractivity contribution in [3.05, 3.63) is 11.8 Å². The van der Waals surface area contributed by atoms with E-state index in [0.29, 0.717) is 0 Å².